The molecular formula is C82H95Cl5O2. The molecule has 2 nitrogen and oxygen atoms in total. The van der Waals surface area contributed by atoms with Crippen molar-refractivity contribution >= 4 is 75.6 Å². The highest BCUT2D eigenvalue weighted by atomic mass is 35.5. The van der Waals surface area contributed by atoms with E-state index in [1.165, 1.54) is 38.9 Å². The van der Waals surface area contributed by atoms with Gasteiger partial charge in [-0.1, -0.05) is 361 Å². The van der Waals surface area contributed by atoms with Crippen molar-refractivity contribution in [1.29, 1.82) is 0 Å². The van der Waals surface area contributed by atoms with E-state index >= 15 is 0 Å². The van der Waals surface area contributed by atoms with Gasteiger partial charge in [-0.3, -0.25) is 9.59 Å². The van der Waals surface area contributed by atoms with Crippen LogP contribution in [0.2, 0.25) is 25.1 Å². The number of rotatable bonds is 9. The first-order valence-corrected chi connectivity index (χ1v) is 32.7. The Labute approximate surface area is 561 Å². The van der Waals surface area contributed by atoms with Crippen molar-refractivity contribution < 1.29 is 9.59 Å². The quantitative estimate of drug-likeness (QED) is 0.135. The van der Waals surface area contributed by atoms with Crippen LogP contribution in [0.5, 0.6) is 0 Å². The molecule has 9 aromatic rings. The molecule has 0 atom stereocenters. The van der Waals surface area contributed by atoms with Gasteiger partial charge in [-0.2, -0.15) is 0 Å². The van der Waals surface area contributed by atoms with Gasteiger partial charge in [0.2, 0.25) is 0 Å². The number of fused-ring (bicyclic) bond motifs is 1. The van der Waals surface area contributed by atoms with Gasteiger partial charge in [0.05, 0.1) is 5.41 Å². The van der Waals surface area contributed by atoms with E-state index in [1.54, 1.807) is 44.2 Å². The van der Waals surface area contributed by atoms with Gasteiger partial charge in [0.1, 0.15) is 0 Å². The molecule has 0 spiro atoms. The molecule has 9 aromatic carbocycles. The predicted molar refractivity (Wildman–Crippen MR) is 392 cm³/mol. The van der Waals surface area contributed by atoms with Gasteiger partial charge in [-0.15, -0.1) is 0 Å². The molecule has 0 bridgehead atoms. The molecule has 0 amide bonds. The lowest BCUT2D eigenvalue weighted by Gasteiger charge is -2.25. The molecule has 89 heavy (non-hydrogen) atoms. The van der Waals surface area contributed by atoms with Crippen molar-refractivity contribution in [3.8, 4) is 0 Å². The molecular weight excluding hydrogens is 1190 g/mol. The lowest BCUT2D eigenvalue weighted by Crippen LogP contribution is -2.25. The third-order valence-electron chi connectivity index (χ3n) is 14.6. The van der Waals surface area contributed by atoms with E-state index in [1.807, 2.05) is 72.8 Å². The summed E-state index contributed by atoms with van der Waals surface area (Å²) in [5, 5.41) is 3.96. The van der Waals surface area contributed by atoms with E-state index in [4.69, 9.17) is 58.0 Å². The summed E-state index contributed by atoms with van der Waals surface area (Å²) in [6, 6.07) is 78.7. The fourth-order valence-corrected chi connectivity index (χ4v) is 10.2. The lowest BCUT2D eigenvalue weighted by molar-refractivity contribution is 0.0746. The van der Waals surface area contributed by atoms with Gasteiger partial charge in [0.15, 0.2) is 11.6 Å². The molecule has 0 saturated heterocycles. The number of hydrogen-bond acceptors (Lipinski definition) is 2. The summed E-state index contributed by atoms with van der Waals surface area (Å²) in [4.78, 5) is 23.4. The summed E-state index contributed by atoms with van der Waals surface area (Å²) in [5.41, 5.74) is 10.8. The van der Waals surface area contributed by atoms with Gasteiger partial charge in [-0.25, -0.2) is 0 Å². The lowest BCUT2D eigenvalue weighted by atomic mass is 9.78. The second-order valence-electron chi connectivity index (χ2n) is 24.7. The largest absolute Gasteiger partial charge is 0.293 e. The van der Waals surface area contributed by atoms with Crippen LogP contribution in [0.1, 0.15) is 206 Å². The first-order chi connectivity index (χ1) is 42.1. The number of Topliss-reactive ketones (excluding diaryl/α,β-unsaturated/α-hetero) is 2. The summed E-state index contributed by atoms with van der Waals surface area (Å²) in [6.07, 6.45) is 4.36. The Morgan fingerprint density at radius 1 is 0.348 bits per heavy atom. The standard InChI is InChI=1S/C15H16.C11H10O2.C11H14.C9H10Cl2.3C9H11Cl.C9H12/c1-15(2,13-9-5-3-6-10-13)14-11-7-4-8-12-14;1-11(2)9(12)7-5-3-4-6-8(7)10(11)13;1-10(2)8-9-11-6-4-3-5-7-11;1-6(2)8-4-3-7(10)5-9(8)11;1-7(2)8-3-5-9(10)6-4-8;1-7(2)8-4-3-5-9(10)6-8;1-7(2)8-5-3-4-6-9(8)10;1-8(2)9-6-4-3-5-7-9/h3-12H,1-2H3;3-6H,1-2H3;3-10H,1-2H3;3-6H,1-2H3;3*3-7H,1-2H3;3-8H,1-2H3/b;;9-8+;;;;;. The fraction of sp³-hybridized carbons (Fsp3) is 0.293. The molecule has 0 heterocycles. The van der Waals surface area contributed by atoms with Crippen LogP contribution < -0.4 is 0 Å². The second kappa shape index (κ2) is 39.6. The molecule has 7 heteroatoms. The number of halogens is 5. The molecule has 0 aliphatic heterocycles. The minimum atomic E-state index is -0.857. The average molecular weight is 1290 g/mol. The molecule has 1 aliphatic rings. The summed E-state index contributed by atoms with van der Waals surface area (Å²) in [7, 11) is 0. The fourth-order valence-electron chi connectivity index (χ4n) is 8.86. The third kappa shape index (κ3) is 27.3. The minimum absolute atomic E-state index is 0.0619. The van der Waals surface area contributed by atoms with Gasteiger partial charge in [-0.05, 0) is 136 Å². The van der Waals surface area contributed by atoms with Crippen molar-refractivity contribution in [2.24, 2.45) is 11.3 Å². The van der Waals surface area contributed by atoms with Crippen LogP contribution in [0.4, 0.5) is 0 Å². The van der Waals surface area contributed by atoms with Crippen LogP contribution in [0, 0.1) is 11.3 Å². The number of carbonyl (C=O) groups is 2. The molecule has 0 aromatic heterocycles. The number of hydrogen-bond donors (Lipinski definition) is 0. The van der Waals surface area contributed by atoms with Crippen LogP contribution in [0.15, 0.2) is 243 Å². The molecule has 0 fully saturated rings. The summed E-state index contributed by atoms with van der Waals surface area (Å²) in [6.45, 7) is 33.8. The monoisotopic (exact) mass is 1290 g/mol. The number of allylic oxidation sites excluding steroid dienone is 1. The molecule has 470 valence electrons. The van der Waals surface area contributed by atoms with Crippen LogP contribution >= 0.6 is 58.0 Å². The summed E-state index contributed by atoms with van der Waals surface area (Å²) >= 11 is 29.1. The van der Waals surface area contributed by atoms with E-state index in [-0.39, 0.29) is 17.0 Å². The van der Waals surface area contributed by atoms with Crippen LogP contribution in [-0.2, 0) is 5.41 Å². The zero-order chi connectivity index (χ0) is 66.3. The normalized spacial score (nSPS) is 11.9. The molecule has 0 unspecified atom stereocenters. The van der Waals surface area contributed by atoms with Crippen molar-refractivity contribution in [3.63, 3.8) is 0 Å². The number of ketones is 2. The Balaban J connectivity index is 0.000000267. The highest BCUT2D eigenvalue weighted by Crippen LogP contribution is 2.36. The van der Waals surface area contributed by atoms with E-state index in [9.17, 15) is 9.59 Å². The first-order valence-electron chi connectivity index (χ1n) is 30.9. The molecule has 0 saturated carbocycles. The van der Waals surface area contributed by atoms with Crippen molar-refractivity contribution in [1.82, 2.24) is 0 Å². The van der Waals surface area contributed by atoms with Crippen LogP contribution in [-0.4, -0.2) is 11.6 Å². The Kier molecular flexibility index (Phi) is 34.2. The minimum Gasteiger partial charge on any atom is -0.293 e. The average Bonchev–Trinajstić information content (AvgIpc) is 1.67. The molecule has 0 N–H and O–H groups in total. The molecule has 1 aliphatic carbocycles. The summed E-state index contributed by atoms with van der Waals surface area (Å²) < 4.78 is 0. The zero-order valence-corrected chi connectivity index (χ0v) is 59.1. The van der Waals surface area contributed by atoms with Gasteiger partial charge < -0.3 is 0 Å². The topological polar surface area (TPSA) is 34.1 Å². The van der Waals surface area contributed by atoms with Gasteiger partial charge in [0.25, 0.3) is 0 Å². The predicted octanol–water partition coefficient (Wildman–Crippen LogP) is 26.8. The Bertz CT molecular complexity index is 3400. The second-order valence-corrected chi connectivity index (χ2v) is 26.8. The van der Waals surface area contributed by atoms with Crippen LogP contribution in [0.25, 0.3) is 6.08 Å². The smallest absolute Gasteiger partial charge is 0.176 e. The maximum atomic E-state index is 11.7. The molecule has 0 radical (unpaired) electrons. The highest BCUT2D eigenvalue weighted by molar-refractivity contribution is 6.35. The van der Waals surface area contributed by atoms with E-state index in [2.05, 4.69) is 243 Å². The number of benzene rings is 9. The highest BCUT2D eigenvalue weighted by Gasteiger charge is 2.45. The van der Waals surface area contributed by atoms with Crippen molar-refractivity contribution in [2.45, 2.75) is 146 Å². The van der Waals surface area contributed by atoms with E-state index < -0.39 is 5.41 Å². The Morgan fingerprint density at radius 2 is 0.719 bits per heavy atom. The van der Waals surface area contributed by atoms with Crippen molar-refractivity contribution in [2.75, 3.05) is 0 Å². The molecule has 10 rings (SSSR count). The summed E-state index contributed by atoms with van der Waals surface area (Å²) in [5.74, 6) is 3.31. The number of carbonyl (C=O) groups excluding carboxylic acids is 2. The van der Waals surface area contributed by atoms with E-state index in [0.29, 0.717) is 51.7 Å². The van der Waals surface area contributed by atoms with Gasteiger partial charge in [0, 0.05) is 41.7 Å². The van der Waals surface area contributed by atoms with E-state index in [0.717, 1.165) is 25.7 Å². The Morgan fingerprint density at radius 3 is 1.10 bits per heavy atom. The zero-order valence-electron chi connectivity index (χ0n) is 55.3. The van der Waals surface area contributed by atoms with Crippen LogP contribution in [0.3, 0.4) is 0 Å². The third-order valence-corrected chi connectivity index (χ3v) is 16.0. The maximum Gasteiger partial charge on any atom is 0.176 e. The SMILES string of the molecule is CC(C)(c1ccccc1)c1ccccc1.CC(C)/C=C/c1ccccc1.CC(C)c1ccc(Cl)cc1.CC(C)c1ccc(Cl)cc1Cl.CC(C)c1cccc(Cl)c1.CC(C)c1ccccc1.CC(C)c1ccccc1Cl.CC1(C)C(=O)c2ccccc2C1=O. The maximum absolute atomic E-state index is 11.7. The first kappa shape index (κ1) is 76.8. The van der Waals surface area contributed by atoms with Gasteiger partial charge >= 0.3 is 0 Å². The Hall–Kier alpha value is -6.49. The van der Waals surface area contributed by atoms with Crippen molar-refractivity contribution in [3.05, 3.63) is 323 Å².